The van der Waals surface area contributed by atoms with E-state index >= 15 is 0 Å². The zero-order valence-electron chi connectivity index (χ0n) is 7.21. The van der Waals surface area contributed by atoms with Crippen LogP contribution in [0.1, 0.15) is 17.7 Å². The highest BCUT2D eigenvalue weighted by molar-refractivity contribution is 5.85. The van der Waals surface area contributed by atoms with Crippen molar-refractivity contribution < 1.29 is 0 Å². The molecular formula is C8H14ClN3. The molecule has 0 fully saturated rings. The number of hydrogen-bond donors (Lipinski definition) is 1. The van der Waals surface area contributed by atoms with E-state index in [2.05, 4.69) is 22.0 Å². The van der Waals surface area contributed by atoms with E-state index in [1.54, 1.807) is 0 Å². The Morgan fingerprint density at radius 2 is 2.42 bits per heavy atom. The summed E-state index contributed by atoms with van der Waals surface area (Å²) in [5, 5.41) is 7.66. The van der Waals surface area contributed by atoms with E-state index < -0.39 is 0 Å². The van der Waals surface area contributed by atoms with E-state index in [0.717, 1.165) is 19.6 Å². The van der Waals surface area contributed by atoms with E-state index in [1.807, 2.05) is 6.20 Å². The van der Waals surface area contributed by atoms with Gasteiger partial charge in [0.15, 0.2) is 0 Å². The van der Waals surface area contributed by atoms with Gasteiger partial charge in [0.05, 0.1) is 11.9 Å². The summed E-state index contributed by atoms with van der Waals surface area (Å²) in [6, 6.07) is 0. The average molecular weight is 188 g/mol. The Bertz CT molecular complexity index is 257. The Kier molecular flexibility index (Phi) is 3.12. The zero-order chi connectivity index (χ0) is 7.68. The summed E-state index contributed by atoms with van der Waals surface area (Å²) in [7, 11) is 0. The molecule has 2 rings (SSSR count). The smallest absolute Gasteiger partial charge is 0.0551 e. The lowest BCUT2D eigenvalue weighted by Crippen LogP contribution is -2.12. The monoisotopic (exact) mass is 187 g/mol. The fourth-order valence-electron chi connectivity index (χ4n) is 1.49. The van der Waals surface area contributed by atoms with Gasteiger partial charge >= 0.3 is 0 Å². The van der Waals surface area contributed by atoms with Crippen LogP contribution in [0.25, 0.3) is 0 Å². The van der Waals surface area contributed by atoms with E-state index in [4.69, 9.17) is 0 Å². The number of nitrogens with one attached hydrogen (secondary N) is 1. The molecule has 0 aliphatic carbocycles. The average Bonchev–Trinajstić information content (AvgIpc) is 2.25. The van der Waals surface area contributed by atoms with Gasteiger partial charge in [-0.1, -0.05) is 0 Å². The van der Waals surface area contributed by atoms with Gasteiger partial charge in [-0.05, 0) is 25.5 Å². The van der Waals surface area contributed by atoms with Gasteiger partial charge in [-0.15, -0.1) is 12.4 Å². The minimum absolute atomic E-state index is 0. The van der Waals surface area contributed by atoms with Gasteiger partial charge in [0.25, 0.3) is 0 Å². The summed E-state index contributed by atoms with van der Waals surface area (Å²) in [5.41, 5.74) is 2.65. The van der Waals surface area contributed by atoms with Crippen molar-refractivity contribution in [3.05, 3.63) is 17.5 Å². The molecule has 0 amide bonds. The van der Waals surface area contributed by atoms with Crippen molar-refractivity contribution in [2.24, 2.45) is 0 Å². The van der Waals surface area contributed by atoms with Gasteiger partial charge in [-0.25, -0.2) is 0 Å². The molecule has 1 aromatic rings. The molecule has 12 heavy (non-hydrogen) atoms. The van der Waals surface area contributed by atoms with Crippen LogP contribution >= 0.6 is 12.4 Å². The Morgan fingerprint density at radius 3 is 3.25 bits per heavy atom. The molecule has 1 N–H and O–H groups in total. The van der Waals surface area contributed by atoms with Crippen LogP contribution in [0, 0.1) is 6.92 Å². The Hall–Kier alpha value is -0.540. The Labute approximate surface area is 78.6 Å². The third kappa shape index (κ3) is 1.62. The van der Waals surface area contributed by atoms with Gasteiger partial charge < -0.3 is 5.32 Å². The van der Waals surface area contributed by atoms with Crippen molar-refractivity contribution in [2.45, 2.75) is 26.4 Å². The molecule has 0 aromatic carbocycles. The molecule has 0 spiro atoms. The molecule has 4 heteroatoms. The number of aromatic nitrogens is 2. The maximum Gasteiger partial charge on any atom is 0.0551 e. The SMILES string of the molecule is Cc1cnn2c1CNCCC2.Cl. The number of rotatable bonds is 0. The Morgan fingerprint density at radius 1 is 1.58 bits per heavy atom. The molecular weight excluding hydrogens is 174 g/mol. The van der Waals surface area contributed by atoms with Gasteiger partial charge in [-0.2, -0.15) is 5.10 Å². The molecule has 1 aromatic heterocycles. The van der Waals surface area contributed by atoms with Crippen molar-refractivity contribution in [1.29, 1.82) is 0 Å². The molecule has 0 saturated heterocycles. The fourth-order valence-corrected chi connectivity index (χ4v) is 1.49. The number of halogens is 1. The van der Waals surface area contributed by atoms with Crippen LogP contribution in [-0.2, 0) is 13.1 Å². The zero-order valence-corrected chi connectivity index (χ0v) is 8.02. The van der Waals surface area contributed by atoms with Gasteiger partial charge in [-0.3, -0.25) is 4.68 Å². The molecule has 68 valence electrons. The van der Waals surface area contributed by atoms with Crippen LogP contribution in [0.2, 0.25) is 0 Å². The lowest BCUT2D eigenvalue weighted by molar-refractivity contribution is 0.587. The highest BCUT2D eigenvalue weighted by atomic mass is 35.5. The first-order valence-electron chi connectivity index (χ1n) is 4.10. The summed E-state index contributed by atoms with van der Waals surface area (Å²) >= 11 is 0. The number of aryl methyl sites for hydroxylation is 2. The predicted octanol–water partition coefficient (Wildman–Crippen LogP) is 1.11. The first-order valence-corrected chi connectivity index (χ1v) is 4.10. The van der Waals surface area contributed by atoms with Crippen LogP contribution in [0.5, 0.6) is 0 Å². The van der Waals surface area contributed by atoms with E-state index in [0.29, 0.717) is 0 Å². The summed E-state index contributed by atoms with van der Waals surface area (Å²) in [5.74, 6) is 0. The quantitative estimate of drug-likeness (QED) is 0.660. The minimum atomic E-state index is 0. The minimum Gasteiger partial charge on any atom is -0.311 e. The van der Waals surface area contributed by atoms with Crippen molar-refractivity contribution >= 4 is 12.4 Å². The largest absolute Gasteiger partial charge is 0.311 e. The van der Waals surface area contributed by atoms with Crippen LogP contribution in [-0.4, -0.2) is 16.3 Å². The summed E-state index contributed by atoms with van der Waals surface area (Å²) in [6.45, 7) is 5.27. The fraction of sp³-hybridized carbons (Fsp3) is 0.625. The van der Waals surface area contributed by atoms with Crippen molar-refractivity contribution in [3.8, 4) is 0 Å². The second-order valence-electron chi connectivity index (χ2n) is 3.03. The highest BCUT2D eigenvalue weighted by Gasteiger charge is 2.09. The predicted molar refractivity (Wildman–Crippen MR) is 50.5 cm³/mol. The Balaban J connectivity index is 0.000000720. The molecule has 3 nitrogen and oxygen atoms in total. The van der Waals surface area contributed by atoms with Crippen molar-refractivity contribution in [2.75, 3.05) is 6.54 Å². The van der Waals surface area contributed by atoms with Crippen molar-refractivity contribution in [1.82, 2.24) is 15.1 Å². The van der Waals surface area contributed by atoms with Crippen LogP contribution in [0.3, 0.4) is 0 Å². The normalized spacial score (nSPS) is 16.1. The van der Waals surface area contributed by atoms with Crippen LogP contribution < -0.4 is 5.32 Å². The van der Waals surface area contributed by atoms with Gasteiger partial charge in [0, 0.05) is 13.1 Å². The van der Waals surface area contributed by atoms with E-state index in [1.165, 1.54) is 17.7 Å². The first kappa shape index (κ1) is 9.55. The van der Waals surface area contributed by atoms with Crippen molar-refractivity contribution in [3.63, 3.8) is 0 Å². The first-order chi connectivity index (χ1) is 5.38. The highest BCUT2D eigenvalue weighted by Crippen LogP contribution is 2.09. The topological polar surface area (TPSA) is 29.9 Å². The van der Waals surface area contributed by atoms with Gasteiger partial charge in [0.2, 0.25) is 0 Å². The van der Waals surface area contributed by atoms with Crippen LogP contribution in [0.15, 0.2) is 6.20 Å². The summed E-state index contributed by atoms with van der Waals surface area (Å²) < 4.78 is 2.11. The summed E-state index contributed by atoms with van der Waals surface area (Å²) in [6.07, 6.45) is 3.14. The molecule has 0 bridgehead atoms. The lowest BCUT2D eigenvalue weighted by Gasteiger charge is -2.00. The second kappa shape index (κ2) is 3.92. The molecule has 0 radical (unpaired) electrons. The lowest BCUT2D eigenvalue weighted by atomic mass is 10.3. The molecule has 1 aliphatic heterocycles. The molecule has 0 saturated carbocycles. The molecule has 0 unspecified atom stereocenters. The number of nitrogens with zero attached hydrogens (tertiary/aromatic N) is 2. The van der Waals surface area contributed by atoms with E-state index in [-0.39, 0.29) is 12.4 Å². The van der Waals surface area contributed by atoms with Gasteiger partial charge in [0.1, 0.15) is 0 Å². The number of hydrogen-bond acceptors (Lipinski definition) is 2. The summed E-state index contributed by atoms with van der Waals surface area (Å²) in [4.78, 5) is 0. The maximum absolute atomic E-state index is 4.29. The van der Waals surface area contributed by atoms with E-state index in [9.17, 15) is 0 Å². The third-order valence-electron chi connectivity index (χ3n) is 2.17. The molecule has 2 heterocycles. The standard InChI is InChI=1S/C8H13N3.ClH/c1-7-5-10-11-4-2-3-9-6-8(7)11;/h5,9H,2-4,6H2,1H3;1H. The maximum atomic E-state index is 4.29. The van der Waals surface area contributed by atoms with Crippen LogP contribution in [0.4, 0.5) is 0 Å². The molecule has 0 atom stereocenters. The second-order valence-corrected chi connectivity index (χ2v) is 3.03. The molecule has 1 aliphatic rings. The third-order valence-corrected chi connectivity index (χ3v) is 2.17. The number of fused-ring (bicyclic) bond motifs is 1.